The van der Waals surface area contributed by atoms with E-state index in [0.717, 1.165) is 29.9 Å². The van der Waals surface area contributed by atoms with Crippen LogP contribution in [0.2, 0.25) is 0 Å². The predicted molar refractivity (Wildman–Crippen MR) is 104 cm³/mol. The number of nitrogens with zero attached hydrogens (tertiary/aromatic N) is 2. The van der Waals surface area contributed by atoms with Gasteiger partial charge in [-0.15, -0.1) is 5.10 Å². The molecule has 1 aliphatic carbocycles. The SMILES string of the molecule is CCc1ccccc1Nc1nn(-c2ccc(F)cc2)c2c1C(=O)C[C@@H](C)C2. The van der Waals surface area contributed by atoms with E-state index in [1.165, 1.54) is 17.7 Å². The molecule has 0 bridgehead atoms. The lowest BCUT2D eigenvalue weighted by molar-refractivity contribution is 0.0953. The van der Waals surface area contributed by atoms with Crippen LogP contribution in [0.1, 0.15) is 41.9 Å². The van der Waals surface area contributed by atoms with E-state index in [9.17, 15) is 9.18 Å². The van der Waals surface area contributed by atoms with Crippen LogP contribution in [0.25, 0.3) is 5.69 Å². The monoisotopic (exact) mass is 363 g/mol. The first-order valence-electron chi connectivity index (χ1n) is 9.32. The molecule has 0 amide bonds. The van der Waals surface area contributed by atoms with Gasteiger partial charge < -0.3 is 5.32 Å². The molecule has 1 heterocycles. The number of anilines is 2. The number of ketones is 1. The first kappa shape index (κ1) is 17.5. The molecule has 5 heteroatoms. The van der Waals surface area contributed by atoms with Gasteiger partial charge in [0.05, 0.1) is 16.9 Å². The van der Waals surface area contributed by atoms with E-state index < -0.39 is 0 Å². The van der Waals surface area contributed by atoms with Gasteiger partial charge in [-0.1, -0.05) is 32.0 Å². The number of halogens is 1. The molecule has 0 radical (unpaired) electrons. The van der Waals surface area contributed by atoms with E-state index in [2.05, 4.69) is 25.2 Å². The zero-order valence-corrected chi connectivity index (χ0v) is 15.5. The smallest absolute Gasteiger partial charge is 0.168 e. The average molecular weight is 363 g/mol. The zero-order chi connectivity index (χ0) is 19.0. The molecule has 4 nitrogen and oxygen atoms in total. The van der Waals surface area contributed by atoms with Crippen molar-refractivity contribution in [1.29, 1.82) is 0 Å². The summed E-state index contributed by atoms with van der Waals surface area (Å²) in [5, 5.41) is 8.08. The molecule has 1 atom stereocenters. The molecule has 2 aromatic carbocycles. The first-order valence-corrected chi connectivity index (χ1v) is 9.32. The number of hydrogen-bond acceptors (Lipinski definition) is 3. The Balaban J connectivity index is 1.84. The van der Waals surface area contributed by atoms with E-state index in [4.69, 9.17) is 5.10 Å². The fraction of sp³-hybridized carbons (Fsp3) is 0.273. The first-order chi connectivity index (χ1) is 13.1. The van der Waals surface area contributed by atoms with Gasteiger partial charge >= 0.3 is 0 Å². The Labute approximate surface area is 158 Å². The van der Waals surface area contributed by atoms with E-state index in [1.54, 1.807) is 16.8 Å². The minimum Gasteiger partial charge on any atom is -0.338 e. The van der Waals surface area contributed by atoms with Gasteiger partial charge in [0.15, 0.2) is 11.6 Å². The summed E-state index contributed by atoms with van der Waals surface area (Å²) in [7, 11) is 0. The summed E-state index contributed by atoms with van der Waals surface area (Å²) in [6.07, 6.45) is 2.17. The Morgan fingerprint density at radius 2 is 1.89 bits per heavy atom. The quantitative estimate of drug-likeness (QED) is 0.703. The number of nitrogens with one attached hydrogen (secondary N) is 1. The van der Waals surface area contributed by atoms with Gasteiger partial charge in [0.1, 0.15) is 5.82 Å². The number of rotatable bonds is 4. The molecule has 0 spiro atoms. The van der Waals surface area contributed by atoms with Crippen LogP contribution in [0.5, 0.6) is 0 Å². The summed E-state index contributed by atoms with van der Waals surface area (Å²) in [6, 6.07) is 14.2. The van der Waals surface area contributed by atoms with Crippen molar-refractivity contribution in [3.05, 3.63) is 71.2 Å². The van der Waals surface area contributed by atoms with Gasteiger partial charge in [0.2, 0.25) is 0 Å². The van der Waals surface area contributed by atoms with Gasteiger partial charge in [-0.05, 0) is 54.7 Å². The third-order valence-corrected chi connectivity index (χ3v) is 5.06. The fourth-order valence-electron chi connectivity index (χ4n) is 3.72. The fourth-order valence-corrected chi connectivity index (χ4v) is 3.72. The van der Waals surface area contributed by atoms with Gasteiger partial charge in [0.25, 0.3) is 0 Å². The van der Waals surface area contributed by atoms with Crippen molar-refractivity contribution in [3.8, 4) is 5.69 Å². The molecule has 1 N–H and O–H groups in total. The number of para-hydroxylation sites is 1. The number of carbonyl (C=O) groups is 1. The van der Waals surface area contributed by atoms with Crippen LogP contribution in [-0.2, 0) is 12.8 Å². The highest BCUT2D eigenvalue weighted by molar-refractivity contribution is 6.03. The number of hydrogen-bond donors (Lipinski definition) is 1. The van der Waals surface area contributed by atoms with Crippen molar-refractivity contribution in [2.75, 3.05) is 5.32 Å². The van der Waals surface area contributed by atoms with Gasteiger partial charge in [0, 0.05) is 12.1 Å². The van der Waals surface area contributed by atoms with Crippen molar-refractivity contribution < 1.29 is 9.18 Å². The van der Waals surface area contributed by atoms with Gasteiger partial charge in [-0.3, -0.25) is 4.79 Å². The highest BCUT2D eigenvalue weighted by Gasteiger charge is 2.31. The lowest BCUT2D eigenvalue weighted by Crippen LogP contribution is -2.19. The summed E-state index contributed by atoms with van der Waals surface area (Å²) < 4.78 is 15.1. The molecule has 0 fully saturated rings. The number of aryl methyl sites for hydroxylation is 1. The van der Waals surface area contributed by atoms with Crippen molar-refractivity contribution in [2.45, 2.75) is 33.1 Å². The molecule has 0 saturated heterocycles. The molecule has 3 aromatic rings. The van der Waals surface area contributed by atoms with Crippen LogP contribution in [0.4, 0.5) is 15.9 Å². The number of aromatic nitrogens is 2. The van der Waals surface area contributed by atoms with Crippen LogP contribution in [0.3, 0.4) is 0 Å². The average Bonchev–Trinajstić information content (AvgIpc) is 3.01. The number of carbonyl (C=O) groups excluding carboxylic acids is 1. The minimum atomic E-state index is -0.292. The van der Waals surface area contributed by atoms with E-state index in [1.807, 2.05) is 18.2 Å². The van der Waals surface area contributed by atoms with E-state index >= 15 is 0 Å². The summed E-state index contributed by atoms with van der Waals surface area (Å²) in [6.45, 7) is 4.17. The van der Waals surface area contributed by atoms with E-state index in [0.29, 0.717) is 17.8 Å². The zero-order valence-electron chi connectivity index (χ0n) is 15.5. The van der Waals surface area contributed by atoms with Crippen LogP contribution < -0.4 is 5.32 Å². The minimum absolute atomic E-state index is 0.105. The summed E-state index contributed by atoms with van der Waals surface area (Å²) in [5.74, 6) is 0.650. The highest BCUT2D eigenvalue weighted by Crippen LogP contribution is 2.34. The number of benzene rings is 2. The molecule has 27 heavy (non-hydrogen) atoms. The molecule has 4 rings (SSSR count). The maximum atomic E-state index is 13.3. The van der Waals surface area contributed by atoms with Gasteiger partial charge in [-0.25, -0.2) is 9.07 Å². The third-order valence-electron chi connectivity index (χ3n) is 5.06. The third kappa shape index (κ3) is 3.25. The van der Waals surface area contributed by atoms with Crippen LogP contribution in [0.15, 0.2) is 48.5 Å². The second-order valence-corrected chi connectivity index (χ2v) is 7.13. The Bertz CT molecular complexity index is 991. The highest BCUT2D eigenvalue weighted by atomic mass is 19.1. The Hall–Kier alpha value is -2.95. The van der Waals surface area contributed by atoms with Crippen molar-refractivity contribution in [3.63, 3.8) is 0 Å². The summed E-state index contributed by atoms with van der Waals surface area (Å²) in [5.41, 5.74) is 4.42. The summed E-state index contributed by atoms with van der Waals surface area (Å²) >= 11 is 0. The maximum absolute atomic E-state index is 13.3. The summed E-state index contributed by atoms with van der Waals surface area (Å²) in [4.78, 5) is 12.8. The number of Topliss-reactive ketones (excluding diaryl/α,β-unsaturated/α-hetero) is 1. The Morgan fingerprint density at radius 3 is 2.63 bits per heavy atom. The lowest BCUT2D eigenvalue weighted by Gasteiger charge is -2.19. The van der Waals surface area contributed by atoms with Crippen molar-refractivity contribution in [2.24, 2.45) is 5.92 Å². The topological polar surface area (TPSA) is 46.9 Å². The van der Waals surface area contributed by atoms with Crippen LogP contribution >= 0.6 is 0 Å². The molecule has 0 unspecified atom stereocenters. The molecule has 1 aromatic heterocycles. The van der Waals surface area contributed by atoms with Crippen molar-refractivity contribution in [1.82, 2.24) is 9.78 Å². The Kier molecular flexibility index (Phi) is 4.52. The molecule has 0 aliphatic heterocycles. The van der Waals surface area contributed by atoms with E-state index in [-0.39, 0.29) is 17.5 Å². The van der Waals surface area contributed by atoms with Gasteiger partial charge in [-0.2, -0.15) is 0 Å². The van der Waals surface area contributed by atoms with Crippen LogP contribution in [-0.4, -0.2) is 15.6 Å². The normalized spacial score (nSPS) is 16.3. The lowest BCUT2D eigenvalue weighted by atomic mass is 9.87. The van der Waals surface area contributed by atoms with Crippen LogP contribution in [0, 0.1) is 11.7 Å². The number of fused-ring (bicyclic) bond motifs is 1. The Morgan fingerprint density at radius 1 is 1.15 bits per heavy atom. The predicted octanol–water partition coefficient (Wildman–Crippen LogP) is 5.08. The molecular formula is C22H22FN3O. The molecular weight excluding hydrogens is 341 g/mol. The largest absolute Gasteiger partial charge is 0.338 e. The molecule has 138 valence electrons. The molecule has 1 aliphatic rings. The molecule has 0 saturated carbocycles. The standard InChI is InChI=1S/C22H22FN3O/c1-3-15-6-4-5-7-18(15)24-22-21-19(12-14(2)13-20(21)27)26(25-22)17-10-8-16(23)9-11-17/h4-11,14H,3,12-13H2,1-2H3,(H,24,25)/t14-/m0/s1. The van der Waals surface area contributed by atoms with Crippen molar-refractivity contribution >= 4 is 17.3 Å². The second-order valence-electron chi connectivity index (χ2n) is 7.13. The second kappa shape index (κ2) is 6.99. The maximum Gasteiger partial charge on any atom is 0.168 e.